The number of carbonyl (C=O) groups excluding carboxylic acids is 2. The van der Waals surface area contributed by atoms with Gasteiger partial charge in [0.05, 0.1) is 23.3 Å². The molecule has 1 saturated heterocycles. The van der Waals surface area contributed by atoms with Gasteiger partial charge in [-0.25, -0.2) is 13.8 Å². The highest BCUT2D eigenvalue weighted by Crippen LogP contribution is 2.30. The minimum absolute atomic E-state index is 0.0115. The molecule has 2 amide bonds. The molecule has 188 valence electrons. The molecule has 9 nitrogen and oxygen atoms in total. The molecule has 4 rings (SSSR count). The number of carbonyl (C=O) groups is 2. The van der Waals surface area contributed by atoms with E-state index < -0.39 is 29.1 Å². The third-order valence-electron chi connectivity index (χ3n) is 5.94. The van der Waals surface area contributed by atoms with E-state index in [0.717, 1.165) is 37.2 Å². The van der Waals surface area contributed by atoms with Gasteiger partial charge in [0, 0.05) is 56.6 Å². The van der Waals surface area contributed by atoms with Crippen LogP contribution in [0.1, 0.15) is 33.7 Å². The zero-order chi connectivity index (χ0) is 26.0. The van der Waals surface area contributed by atoms with Crippen LogP contribution in [0.3, 0.4) is 0 Å². The van der Waals surface area contributed by atoms with Crippen molar-refractivity contribution in [3.8, 4) is 11.3 Å². The summed E-state index contributed by atoms with van der Waals surface area (Å²) in [4.78, 5) is 37.0. The number of piperidine rings is 1. The van der Waals surface area contributed by atoms with Crippen LogP contribution in [0.2, 0.25) is 0 Å². The van der Waals surface area contributed by atoms with Crippen LogP contribution in [0.4, 0.5) is 25.8 Å². The van der Waals surface area contributed by atoms with Gasteiger partial charge in [-0.15, -0.1) is 0 Å². The average Bonchev–Trinajstić information content (AvgIpc) is 2.84. The number of nitrogens with one attached hydrogen (secondary N) is 1. The van der Waals surface area contributed by atoms with E-state index in [2.05, 4.69) is 20.2 Å². The number of nitrogen functional groups attached to an aromatic ring is 1. The van der Waals surface area contributed by atoms with Crippen molar-refractivity contribution in [3.63, 3.8) is 0 Å². The smallest absolute Gasteiger partial charge is 0.276 e. The SMILES string of the molecule is CN(C)C(=O)c1ccc(F)c(-c2nc(C(=O)Nc3cnccc3N3CCC[C@H](N)C3)c(N)cc2F)c1. The monoisotopic (exact) mass is 495 g/mol. The Kier molecular flexibility index (Phi) is 7.11. The molecule has 1 fully saturated rings. The summed E-state index contributed by atoms with van der Waals surface area (Å²) in [6.45, 7) is 1.39. The molecule has 5 N–H and O–H groups in total. The summed E-state index contributed by atoms with van der Waals surface area (Å²) in [7, 11) is 3.08. The highest BCUT2D eigenvalue weighted by molar-refractivity contribution is 6.08. The lowest BCUT2D eigenvalue weighted by atomic mass is 10.0. The number of nitrogens with two attached hydrogens (primary N) is 2. The molecule has 1 atom stereocenters. The largest absolute Gasteiger partial charge is 0.397 e. The molecule has 3 aromatic rings. The number of hydrogen-bond donors (Lipinski definition) is 3. The Hall–Kier alpha value is -4.12. The summed E-state index contributed by atoms with van der Waals surface area (Å²) in [6.07, 6.45) is 4.93. The van der Waals surface area contributed by atoms with E-state index in [1.54, 1.807) is 26.4 Å². The van der Waals surface area contributed by atoms with Crippen molar-refractivity contribution >= 4 is 28.9 Å². The van der Waals surface area contributed by atoms with Gasteiger partial charge in [0.1, 0.15) is 11.5 Å². The molecule has 0 bridgehead atoms. The molecule has 2 aromatic heterocycles. The number of benzene rings is 1. The Morgan fingerprint density at radius 3 is 2.67 bits per heavy atom. The van der Waals surface area contributed by atoms with Gasteiger partial charge in [0.15, 0.2) is 11.5 Å². The Balaban J connectivity index is 1.69. The van der Waals surface area contributed by atoms with Crippen LogP contribution in [0, 0.1) is 11.6 Å². The second-order valence-corrected chi connectivity index (χ2v) is 8.85. The first-order valence-electron chi connectivity index (χ1n) is 11.4. The van der Waals surface area contributed by atoms with Gasteiger partial charge in [0.25, 0.3) is 11.8 Å². The Morgan fingerprint density at radius 1 is 1.17 bits per heavy atom. The second kappa shape index (κ2) is 10.2. The van der Waals surface area contributed by atoms with Crippen LogP contribution in [0.5, 0.6) is 0 Å². The molecule has 0 aliphatic carbocycles. The number of halogens is 2. The lowest BCUT2D eigenvalue weighted by molar-refractivity contribution is 0.0827. The fourth-order valence-corrected chi connectivity index (χ4v) is 4.14. The average molecular weight is 496 g/mol. The molecule has 0 saturated carbocycles. The van der Waals surface area contributed by atoms with Crippen LogP contribution in [-0.4, -0.2) is 59.9 Å². The first-order chi connectivity index (χ1) is 17.2. The zero-order valence-electron chi connectivity index (χ0n) is 20.0. The minimum atomic E-state index is -0.929. The maximum atomic E-state index is 14.9. The van der Waals surface area contributed by atoms with Gasteiger partial charge in [0.2, 0.25) is 0 Å². The second-order valence-electron chi connectivity index (χ2n) is 8.85. The molecule has 1 aliphatic rings. The van der Waals surface area contributed by atoms with Crippen LogP contribution < -0.4 is 21.7 Å². The molecule has 36 heavy (non-hydrogen) atoms. The maximum Gasteiger partial charge on any atom is 0.276 e. The first kappa shape index (κ1) is 25.0. The molecule has 1 aromatic carbocycles. The topological polar surface area (TPSA) is 130 Å². The summed E-state index contributed by atoms with van der Waals surface area (Å²) in [5, 5.41) is 2.73. The number of pyridine rings is 2. The summed E-state index contributed by atoms with van der Waals surface area (Å²) in [5.41, 5.74) is 12.1. The molecular formula is C25H27F2N7O2. The van der Waals surface area contributed by atoms with Crippen LogP contribution in [0.25, 0.3) is 11.3 Å². The standard InChI is InChI=1S/C25H27F2N7O2/c1-33(2)25(36)14-5-6-17(26)16(10-14)22-18(27)11-19(29)23(32-22)24(35)31-20-12-30-8-7-21(20)34-9-3-4-15(28)13-34/h5-8,10-12,15H,3-4,9,13,28-29H2,1-2H3,(H,31,35)/t15-/m0/s1. The van der Waals surface area contributed by atoms with Crippen molar-refractivity contribution in [2.24, 2.45) is 5.73 Å². The van der Waals surface area contributed by atoms with Crippen LogP contribution in [0.15, 0.2) is 42.7 Å². The van der Waals surface area contributed by atoms with E-state index in [0.29, 0.717) is 12.2 Å². The summed E-state index contributed by atoms with van der Waals surface area (Å²) < 4.78 is 29.5. The van der Waals surface area contributed by atoms with E-state index in [1.807, 2.05) is 0 Å². The van der Waals surface area contributed by atoms with Crippen molar-refractivity contribution in [1.82, 2.24) is 14.9 Å². The lowest BCUT2D eigenvalue weighted by Crippen LogP contribution is -2.43. The van der Waals surface area contributed by atoms with Crippen molar-refractivity contribution < 1.29 is 18.4 Å². The first-order valence-corrected chi connectivity index (χ1v) is 11.4. The summed E-state index contributed by atoms with van der Waals surface area (Å²) in [6, 6.07) is 6.22. The maximum absolute atomic E-state index is 14.9. The van der Waals surface area contributed by atoms with E-state index in [9.17, 15) is 18.4 Å². The Labute approximate surface area is 207 Å². The molecule has 1 aliphatic heterocycles. The van der Waals surface area contributed by atoms with Crippen LogP contribution in [-0.2, 0) is 0 Å². The molecule has 0 spiro atoms. The predicted octanol–water partition coefficient (Wildman–Crippen LogP) is 2.89. The van der Waals surface area contributed by atoms with Gasteiger partial charge in [-0.1, -0.05) is 0 Å². The van der Waals surface area contributed by atoms with Gasteiger partial charge >= 0.3 is 0 Å². The molecule has 0 unspecified atom stereocenters. The normalized spacial score (nSPS) is 15.5. The predicted molar refractivity (Wildman–Crippen MR) is 134 cm³/mol. The Bertz CT molecular complexity index is 1320. The van der Waals surface area contributed by atoms with E-state index >= 15 is 0 Å². The number of anilines is 3. The number of hydrogen-bond acceptors (Lipinski definition) is 7. The van der Waals surface area contributed by atoms with Crippen LogP contribution >= 0.6 is 0 Å². The summed E-state index contributed by atoms with van der Waals surface area (Å²) in [5.74, 6) is -2.84. The van der Waals surface area contributed by atoms with E-state index in [1.165, 1.54) is 23.2 Å². The highest BCUT2D eigenvalue weighted by Gasteiger charge is 2.24. The van der Waals surface area contributed by atoms with Gasteiger partial charge < -0.3 is 26.6 Å². The van der Waals surface area contributed by atoms with E-state index in [-0.39, 0.29) is 28.6 Å². The third kappa shape index (κ3) is 5.10. The van der Waals surface area contributed by atoms with Gasteiger partial charge in [-0.05, 0) is 37.1 Å². The minimum Gasteiger partial charge on any atom is -0.397 e. The Morgan fingerprint density at radius 2 is 1.94 bits per heavy atom. The third-order valence-corrected chi connectivity index (χ3v) is 5.94. The fourth-order valence-electron chi connectivity index (χ4n) is 4.14. The van der Waals surface area contributed by atoms with Crippen molar-refractivity contribution in [2.45, 2.75) is 18.9 Å². The molecule has 0 radical (unpaired) electrons. The summed E-state index contributed by atoms with van der Waals surface area (Å²) >= 11 is 0. The number of rotatable bonds is 5. The highest BCUT2D eigenvalue weighted by atomic mass is 19.1. The van der Waals surface area contributed by atoms with Gasteiger partial charge in [-0.2, -0.15) is 0 Å². The molecule has 11 heteroatoms. The van der Waals surface area contributed by atoms with Crippen molar-refractivity contribution in [1.29, 1.82) is 0 Å². The number of nitrogens with zero attached hydrogens (tertiary/aromatic N) is 4. The zero-order valence-corrected chi connectivity index (χ0v) is 20.0. The molecule has 3 heterocycles. The number of aromatic nitrogens is 2. The molecular weight excluding hydrogens is 468 g/mol. The van der Waals surface area contributed by atoms with Crippen molar-refractivity contribution in [3.05, 3.63) is 65.6 Å². The lowest BCUT2D eigenvalue weighted by Gasteiger charge is -2.33. The quantitative estimate of drug-likeness (QED) is 0.496. The van der Waals surface area contributed by atoms with E-state index in [4.69, 9.17) is 11.5 Å². The van der Waals surface area contributed by atoms with Gasteiger partial charge in [-0.3, -0.25) is 14.6 Å². The number of amides is 2. The fraction of sp³-hybridized carbons (Fsp3) is 0.280. The van der Waals surface area contributed by atoms with Crippen molar-refractivity contribution in [2.75, 3.05) is 43.1 Å².